The molecule has 0 atom stereocenters. The van der Waals surface area contributed by atoms with Crippen LogP contribution in [0.2, 0.25) is 0 Å². The first kappa shape index (κ1) is 26.5. The van der Waals surface area contributed by atoms with Crippen molar-refractivity contribution in [1.29, 1.82) is 0 Å². The van der Waals surface area contributed by atoms with Crippen LogP contribution in [-0.4, -0.2) is 99.1 Å². The van der Waals surface area contributed by atoms with Crippen LogP contribution in [0.5, 0.6) is 5.75 Å². The number of nitrogens with one attached hydrogen (secondary N) is 1. The number of methoxy groups -OCH3 is 1. The third-order valence-corrected chi connectivity index (χ3v) is 8.99. The number of benzene rings is 1. The smallest absolute Gasteiger partial charge is 0.394 e. The van der Waals surface area contributed by atoms with E-state index in [0.29, 0.717) is 46.3 Å². The highest BCUT2D eigenvalue weighted by atomic mass is 32.2. The summed E-state index contributed by atoms with van der Waals surface area (Å²) in [5, 5.41) is 9.32. The number of piperazine rings is 1. The van der Waals surface area contributed by atoms with E-state index in [1.54, 1.807) is 24.7 Å². The summed E-state index contributed by atoms with van der Waals surface area (Å²) in [6, 6.07) is 6.16. The summed E-state index contributed by atoms with van der Waals surface area (Å²) in [7, 11) is -2.47. The van der Waals surface area contributed by atoms with E-state index in [2.05, 4.69) is 4.74 Å². The van der Waals surface area contributed by atoms with Gasteiger partial charge in [0, 0.05) is 65.5 Å². The molecule has 0 spiro atoms. The maximum Gasteiger partial charge on any atom is 0.394 e. The molecule has 2 aliphatic rings. The molecule has 2 saturated heterocycles. The molecule has 0 unspecified atom stereocenters. The number of nitrogens with zero attached hydrogens (tertiary/aromatic N) is 3. The number of halogens is 2. The molecule has 2 aliphatic heterocycles. The van der Waals surface area contributed by atoms with Crippen LogP contribution in [0, 0.1) is 0 Å². The van der Waals surface area contributed by atoms with Gasteiger partial charge in [0.15, 0.2) is 4.75 Å². The monoisotopic (exact) mass is 506 g/mol. The zero-order chi connectivity index (χ0) is 25.0. The first-order chi connectivity index (χ1) is 16.0. The minimum absolute atomic E-state index is 0.0336. The van der Waals surface area contributed by atoms with Gasteiger partial charge in [0.1, 0.15) is 5.75 Å². The van der Waals surface area contributed by atoms with Gasteiger partial charge >= 0.3 is 6.11 Å². The largest absolute Gasteiger partial charge is 0.433 e. The second-order valence-electron chi connectivity index (χ2n) is 8.56. The van der Waals surface area contributed by atoms with Crippen LogP contribution in [0.1, 0.15) is 19.8 Å². The number of amides is 1. The summed E-state index contributed by atoms with van der Waals surface area (Å²) < 4.78 is 62.4. The Labute approximate surface area is 198 Å². The van der Waals surface area contributed by atoms with Crippen molar-refractivity contribution < 1.29 is 36.7 Å². The highest BCUT2D eigenvalue weighted by Gasteiger charge is 2.55. The highest BCUT2D eigenvalue weighted by molar-refractivity contribution is 7.91. The van der Waals surface area contributed by atoms with Crippen LogP contribution in [-0.2, 0) is 19.6 Å². The zero-order valence-corrected chi connectivity index (χ0v) is 20.2. The van der Waals surface area contributed by atoms with Crippen molar-refractivity contribution >= 4 is 21.6 Å². The normalized spacial score (nSPS) is 20.2. The van der Waals surface area contributed by atoms with E-state index in [-0.39, 0.29) is 31.7 Å². The minimum atomic E-state index is -4.06. The van der Waals surface area contributed by atoms with Crippen LogP contribution in [0.3, 0.4) is 0 Å². The lowest BCUT2D eigenvalue weighted by Crippen LogP contribution is -2.63. The topological polar surface area (TPSA) is 112 Å². The van der Waals surface area contributed by atoms with Gasteiger partial charge in [-0.15, -0.1) is 0 Å². The van der Waals surface area contributed by atoms with Gasteiger partial charge in [-0.1, -0.05) is 0 Å². The van der Waals surface area contributed by atoms with E-state index < -0.39 is 26.8 Å². The molecule has 10 nitrogen and oxygen atoms in total. The summed E-state index contributed by atoms with van der Waals surface area (Å²) in [6.45, 7) is 3.60. The molecular weight excluding hydrogens is 474 g/mol. The lowest BCUT2D eigenvalue weighted by molar-refractivity contribution is -0.158. The van der Waals surface area contributed by atoms with E-state index >= 15 is 0 Å². The van der Waals surface area contributed by atoms with Crippen molar-refractivity contribution in [3.8, 4) is 5.75 Å². The van der Waals surface area contributed by atoms with Gasteiger partial charge in [-0.05, 0) is 37.1 Å². The van der Waals surface area contributed by atoms with E-state index in [0.717, 1.165) is 5.69 Å². The third kappa shape index (κ3) is 5.77. The predicted molar refractivity (Wildman–Crippen MR) is 121 cm³/mol. The SMILES string of the molecule is COCCN1CCC(C(=O)NO)(S(=O)(=O)N2CCN(c3ccc(OC(C)(F)F)cc3)CC2)CC1. The fourth-order valence-corrected chi connectivity index (χ4v) is 6.54. The summed E-state index contributed by atoms with van der Waals surface area (Å²) in [4.78, 5) is 16.6. The number of anilines is 1. The molecule has 2 N–H and O–H groups in total. The number of ether oxygens (including phenoxy) is 2. The van der Waals surface area contributed by atoms with Gasteiger partial charge in [0.05, 0.1) is 6.61 Å². The molecule has 34 heavy (non-hydrogen) atoms. The van der Waals surface area contributed by atoms with E-state index in [1.807, 2.05) is 9.80 Å². The molecule has 2 fully saturated rings. The summed E-state index contributed by atoms with van der Waals surface area (Å²) in [5.41, 5.74) is 2.32. The fourth-order valence-electron chi connectivity index (χ4n) is 4.43. The molecule has 1 amide bonds. The Morgan fingerprint density at radius 2 is 1.71 bits per heavy atom. The number of carbonyl (C=O) groups is 1. The van der Waals surface area contributed by atoms with E-state index in [9.17, 15) is 27.2 Å². The lowest BCUT2D eigenvalue weighted by atomic mass is 9.95. The molecule has 3 rings (SSSR count). The Kier molecular flexibility index (Phi) is 8.34. The number of hydroxylamine groups is 1. The van der Waals surface area contributed by atoms with Crippen molar-refractivity contribution in [1.82, 2.24) is 14.7 Å². The Morgan fingerprint density at radius 3 is 2.21 bits per heavy atom. The van der Waals surface area contributed by atoms with Crippen molar-refractivity contribution in [2.45, 2.75) is 30.6 Å². The second kappa shape index (κ2) is 10.7. The Bertz CT molecular complexity index is 926. The predicted octanol–water partition coefficient (Wildman–Crippen LogP) is 1.12. The molecule has 0 bridgehead atoms. The van der Waals surface area contributed by atoms with Crippen LogP contribution in [0.15, 0.2) is 24.3 Å². The number of piperidine rings is 1. The van der Waals surface area contributed by atoms with Gasteiger partial charge in [-0.25, -0.2) is 13.9 Å². The minimum Gasteiger partial charge on any atom is -0.433 e. The Hall–Kier alpha value is -2.06. The molecule has 2 heterocycles. The molecule has 13 heteroatoms. The number of hydrogen-bond donors (Lipinski definition) is 2. The lowest BCUT2D eigenvalue weighted by Gasteiger charge is -2.44. The van der Waals surface area contributed by atoms with Crippen molar-refractivity contribution in [2.75, 3.05) is 64.4 Å². The number of likely N-dealkylation sites (tertiary alicyclic amines) is 1. The van der Waals surface area contributed by atoms with Gasteiger partial charge in [0.25, 0.3) is 5.91 Å². The van der Waals surface area contributed by atoms with Crippen molar-refractivity contribution in [3.63, 3.8) is 0 Å². The van der Waals surface area contributed by atoms with Crippen LogP contribution >= 0.6 is 0 Å². The van der Waals surface area contributed by atoms with Gasteiger partial charge < -0.3 is 19.3 Å². The number of sulfonamides is 1. The third-order valence-electron chi connectivity index (χ3n) is 6.36. The van der Waals surface area contributed by atoms with Gasteiger partial charge in [-0.2, -0.15) is 13.1 Å². The fraction of sp³-hybridized carbons (Fsp3) is 0.667. The zero-order valence-electron chi connectivity index (χ0n) is 19.4. The first-order valence-corrected chi connectivity index (χ1v) is 12.5. The maximum atomic E-state index is 13.6. The van der Waals surface area contributed by atoms with E-state index in [4.69, 9.17) is 4.74 Å². The number of alkyl halides is 2. The van der Waals surface area contributed by atoms with Crippen molar-refractivity contribution in [2.24, 2.45) is 0 Å². The van der Waals surface area contributed by atoms with Gasteiger partial charge in [0.2, 0.25) is 10.0 Å². The highest BCUT2D eigenvalue weighted by Crippen LogP contribution is 2.35. The molecular formula is C21H32F2N4O6S. The van der Waals surface area contributed by atoms with Crippen LogP contribution in [0.25, 0.3) is 0 Å². The van der Waals surface area contributed by atoms with E-state index in [1.165, 1.54) is 16.4 Å². The molecule has 0 aromatic heterocycles. The maximum absolute atomic E-state index is 13.6. The number of carbonyl (C=O) groups excluding carboxylic acids is 1. The summed E-state index contributed by atoms with van der Waals surface area (Å²) in [5.74, 6) is -0.879. The molecule has 192 valence electrons. The number of hydrogen-bond acceptors (Lipinski definition) is 8. The molecule has 1 aromatic carbocycles. The average Bonchev–Trinajstić information content (AvgIpc) is 2.82. The Balaban J connectivity index is 1.67. The average molecular weight is 507 g/mol. The quantitative estimate of drug-likeness (QED) is 0.379. The Morgan fingerprint density at radius 1 is 1.12 bits per heavy atom. The van der Waals surface area contributed by atoms with Gasteiger partial charge in [-0.3, -0.25) is 10.0 Å². The summed E-state index contributed by atoms with van der Waals surface area (Å²) in [6.07, 6.45) is -3.15. The second-order valence-corrected chi connectivity index (χ2v) is 10.8. The molecule has 0 radical (unpaired) electrons. The molecule has 0 saturated carbocycles. The summed E-state index contributed by atoms with van der Waals surface area (Å²) >= 11 is 0. The number of rotatable bonds is 9. The first-order valence-electron chi connectivity index (χ1n) is 11.1. The molecule has 1 aromatic rings. The standard InChI is InChI=1S/C21H32F2N4O6S/c1-20(22,23)33-18-5-3-17(4-6-18)26-11-13-27(14-12-26)34(30,31)21(19(28)24-29)7-9-25(10-8-21)15-16-32-2/h3-6,29H,7-16H2,1-2H3,(H,24,28). The van der Waals surface area contributed by atoms with Crippen molar-refractivity contribution in [3.05, 3.63) is 24.3 Å². The van der Waals surface area contributed by atoms with Crippen LogP contribution in [0.4, 0.5) is 14.5 Å². The van der Waals surface area contributed by atoms with Crippen LogP contribution < -0.4 is 15.1 Å². The molecule has 0 aliphatic carbocycles.